The van der Waals surface area contributed by atoms with Gasteiger partial charge in [-0.05, 0) is 58.4 Å². The molecule has 2 aromatic rings. The molecule has 2 N–H and O–H groups in total. The second kappa shape index (κ2) is 9.05. The molecule has 0 aliphatic carbocycles. The van der Waals surface area contributed by atoms with Gasteiger partial charge in [-0.15, -0.1) is 11.3 Å². The number of hydrogen-bond acceptors (Lipinski definition) is 4. The second-order valence-corrected chi connectivity index (χ2v) is 7.06. The molecule has 0 radical (unpaired) electrons. The number of nitrogens with one attached hydrogen (secondary N) is 2. The summed E-state index contributed by atoms with van der Waals surface area (Å²) in [4.78, 5) is 13.2. The molecule has 0 unspecified atom stereocenters. The fraction of sp³-hybridized carbons (Fsp3) is 0.353. The van der Waals surface area contributed by atoms with Gasteiger partial charge in [0, 0.05) is 17.5 Å². The van der Waals surface area contributed by atoms with E-state index in [1.165, 1.54) is 4.88 Å². The van der Waals surface area contributed by atoms with Gasteiger partial charge in [0.05, 0.1) is 18.1 Å². The summed E-state index contributed by atoms with van der Waals surface area (Å²) >= 11 is 5.19. The van der Waals surface area contributed by atoms with Gasteiger partial charge >= 0.3 is 0 Å². The molecule has 124 valence electrons. The average Bonchev–Trinajstić information content (AvgIpc) is 3.06. The van der Waals surface area contributed by atoms with Crippen molar-refractivity contribution in [1.29, 1.82) is 0 Å². The van der Waals surface area contributed by atoms with Gasteiger partial charge in [0.2, 0.25) is 5.91 Å². The van der Waals surface area contributed by atoms with Crippen molar-refractivity contribution in [3.8, 4) is 5.75 Å². The Kier molecular flexibility index (Phi) is 7.08. The van der Waals surface area contributed by atoms with Crippen LogP contribution in [0, 0.1) is 0 Å². The van der Waals surface area contributed by atoms with E-state index in [1.54, 1.807) is 18.4 Å². The lowest BCUT2D eigenvalue weighted by Gasteiger charge is -2.15. The Hall–Kier alpha value is -1.37. The predicted octanol–water partition coefficient (Wildman–Crippen LogP) is 3.53. The van der Waals surface area contributed by atoms with Gasteiger partial charge in [-0.25, -0.2) is 0 Å². The van der Waals surface area contributed by atoms with Crippen LogP contribution in [0.3, 0.4) is 0 Å². The van der Waals surface area contributed by atoms with Crippen molar-refractivity contribution in [2.24, 2.45) is 0 Å². The highest BCUT2D eigenvalue weighted by molar-refractivity contribution is 9.10. The van der Waals surface area contributed by atoms with Crippen LogP contribution in [0.25, 0.3) is 0 Å². The van der Waals surface area contributed by atoms with Crippen LogP contribution in [0.4, 0.5) is 0 Å². The molecule has 23 heavy (non-hydrogen) atoms. The summed E-state index contributed by atoms with van der Waals surface area (Å²) in [5.41, 5.74) is 1.10. The maximum atomic E-state index is 11.9. The van der Waals surface area contributed by atoms with Crippen molar-refractivity contribution in [1.82, 2.24) is 10.6 Å². The SMILES string of the molecule is COc1ccc([C@H](C)NCC(=O)NCCc2cccs2)cc1Br. The number of ether oxygens (including phenoxy) is 1. The molecule has 0 saturated heterocycles. The number of carbonyl (C=O) groups is 1. The molecular weight excluding hydrogens is 376 g/mol. The molecule has 1 atom stereocenters. The zero-order valence-electron chi connectivity index (χ0n) is 13.3. The van der Waals surface area contributed by atoms with Crippen LogP contribution in [0.5, 0.6) is 5.75 Å². The highest BCUT2D eigenvalue weighted by Crippen LogP contribution is 2.27. The molecule has 0 spiro atoms. The first-order chi connectivity index (χ1) is 11.1. The fourth-order valence-corrected chi connectivity index (χ4v) is 3.43. The van der Waals surface area contributed by atoms with Crippen molar-refractivity contribution < 1.29 is 9.53 Å². The predicted molar refractivity (Wildman–Crippen MR) is 98.1 cm³/mol. The van der Waals surface area contributed by atoms with Crippen LogP contribution in [0.2, 0.25) is 0 Å². The van der Waals surface area contributed by atoms with E-state index in [0.29, 0.717) is 13.1 Å². The maximum Gasteiger partial charge on any atom is 0.233 e. The molecule has 0 bridgehead atoms. The summed E-state index contributed by atoms with van der Waals surface area (Å²) < 4.78 is 6.13. The van der Waals surface area contributed by atoms with Gasteiger partial charge in [-0.3, -0.25) is 4.79 Å². The van der Waals surface area contributed by atoms with Gasteiger partial charge in [0.15, 0.2) is 0 Å². The minimum atomic E-state index is 0.0148. The lowest BCUT2D eigenvalue weighted by atomic mass is 10.1. The van der Waals surface area contributed by atoms with Crippen molar-refractivity contribution in [3.63, 3.8) is 0 Å². The molecule has 0 fully saturated rings. The van der Waals surface area contributed by atoms with E-state index in [0.717, 1.165) is 22.2 Å². The molecule has 0 aliphatic rings. The highest BCUT2D eigenvalue weighted by Gasteiger charge is 2.10. The minimum absolute atomic E-state index is 0.0148. The van der Waals surface area contributed by atoms with E-state index in [4.69, 9.17) is 4.74 Å². The number of hydrogen-bond donors (Lipinski definition) is 2. The quantitative estimate of drug-likeness (QED) is 0.717. The first-order valence-corrected chi connectivity index (χ1v) is 9.13. The molecule has 1 amide bonds. The summed E-state index contributed by atoms with van der Waals surface area (Å²) in [6, 6.07) is 10.1. The third-order valence-corrected chi connectivity index (χ3v) is 5.07. The maximum absolute atomic E-state index is 11.9. The zero-order chi connectivity index (χ0) is 16.7. The van der Waals surface area contributed by atoms with Crippen molar-refractivity contribution >= 4 is 33.2 Å². The fourth-order valence-electron chi connectivity index (χ4n) is 2.16. The average molecular weight is 397 g/mol. The number of methoxy groups -OCH3 is 1. The largest absolute Gasteiger partial charge is 0.496 e. The number of amides is 1. The first-order valence-electron chi connectivity index (χ1n) is 7.46. The Morgan fingerprint density at radius 2 is 2.22 bits per heavy atom. The summed E-state index contributed by atoms with van der Waals surface area (Å²) in [5, 5.41) is 8.22. The Labute approximate surface area is 149 Å². The third-order valence-electron chi connectivity index (χ3n) is 3.52. The van der Waals surface area contributed by atoms with E-state index < -0.39 is 0 Å². The van der Waals surface area contributed by atoms with Crippen molar-refractivity contribution in [2.75, 3.05) is 20.2 Å². The standard InChI is InChI=1S/C17H21BrN2O2S/c1-12(13-5-6-16(22-2)15(18)10-13)20-11-17(21)19-8-7-14-4-3-9-23-14/h3-6,9-10,12,20H,7-8,11H2,1-2H3,(H,19,21)/t12-/m0/s1. The van der Waals surface area contributed by atoms with E-state index in [2.05, 4.69) is 32.6 Å². The van der Waals surface area contributed by atoms with Crippen LogP contribution in [-0.2, 0) is 11.2 Å². The Balaban J connectivity index is 1.73. The molecule has 0 saturated carbocycles. The first kappa shape index (κ1) is 18.0. The minimum Gasteiger partial charge on any atom is -0.496 e. The smallest absolute Gasteiger partial charge is 0.233 e. The number of halogens is 1. The number of thiophene rings is 1. The molecule has 2 rings (SSSR count). The summed E-state index contributed by atoms with van der Waals surface area (Å²) in [6.45, 7) is 3.01. The highest BCUT2D eigenvalue weighted by atomic mass is 79.9. The van der Waals surface area contributed by atoms with E-state index in [1.807, 2.05) is 36.6 Å². The van der Waals surface area contributed by atoms with E-state index in [-0.39, 0.29) is 11.9 Å². The lowest BCUT2D eigenvalue weighted by Crippen LogP contribution is -2.35. The van der Waals surface area contributed by atoms with Gasteiger partial charge < -0.3 is 15.4 Å². The summed E-state index contributed by atoms with van der Waals surface area (Å²) in [7, 11) is 1.64. The van der Waals surface area contributed by atoms with Crippen LogP contribution in [-0.4, -0.2) is 26.1 Å². The molecule has 4 nitrogen and oxygen atoms in total. The number of carbonyl (C=O) groups excluding carboxylic acids is 1. The molecular formula is C17H21BrN2O2S. The van der Waals surface area contributed by atoms with E-state index >= 15 is 0 Å². The van der Waals surface area contributed by atoms with Gasteiger partial charge in [0.1, 0.15) is 5.75 Å². The summed E-state index contributed by atoms with van der Waals surface area (Å²) in [5.74, 6) is 0.813. The lowest BCUT2D eigenvalue weighted by molar-refractivity contribution is -0.120. The van der Waals surface area contributed by atoms with E-state index in [9.17, 15) is 4.79 Å². The molecule has 1 aromatic heterocycles. The molecule has 0 aliphatic heterocycles. The van der Waals surface area contributed by atoms with Crippen LogP contribution in [0.1, 0.15) is 23.4 Å². The monoisotopic (exact) mass is 396 g/mol. The van der Waals surface area contributed by atoms with Crippen molar-refractivity contribution in [3.05, 3.63) is 50.6 Å². The molecule has 1 heterocycles. The molecule has 6 heteroatoms. The third kappa shape index (κ3) is 5.64. The zero-order valence-corrected chi connectivity index (χ0v) is 15.7. The van der Waals surface area contributed by atoms with Crippen LogP contribution < -0.4 is 15.4 Å². The molecule has 1 aromatic carbocycles. The Bertz CT molecular complexity index is 632. The van der Waals surface area contributed by atoms with Crippen LogP contribution in [0.15, 0.2) is 40.2 Å². The number of rotatable bonds is 8. The van der Waals surface area contributed by atoms with Gasteiger partial charge in [-0.1, -0.05) is 12.1 Å². The summed E-state index contributed by atoms with van der Waals surface area (Å²) in [6.07, 6.45) is 0.879. The Morgan fingerprint density at radius 3 is 2.87 bits per heavy atom. The normalized spacial score (nSPS) is 12.0. The van der Waals surface area contributed by atoms with Gasteiger partial charge in [-0.2, -0.15) is 0 Å². The van der Waals surface area contributed by atoms with Crippen molar-refractivity contribution in [2.45, 2.75) is 19.4 Å². The number of benzene rings is 1. The van der Waals surface area contributed by atoms with Gasteiger partial charge in [0.25, 0.3) is 0 Å². The Morgan fingerprint density at radius 1 is 1.39 bits per heavy atom. The topological polar surface area (TPSA) is 50.4 Å². The van der Waals surface area contributed by atoms with Crippen LogP contribution >= 0.6 is 27.3 Å². The second-order valence-electron chi connectivity index (χ2n) is 5.18.